The van der Waals surface area contributed by atoms with Gasteiger partial charge in [-0.05, 0) is 43.0 Å². The Morgan fingerprint density at radius 1 is 1.00 bits per heavy atom. The molecule has 0 fully saturated rings. The molecule has 0 atom stereocenters. The summed E-state index contributed by atoms with van der Waals surface area (Å²) in [6, 6.07) is 13.3. The number of benzene rings is 2. The van der Waals surface area contributed by atoms with Crippen LogP contribution in [0.3, 0.4) is 0 Å². The third-order valence-electron chi connectivity index (χ3n) is 4.27. The molecular formula is C20H18N2. The fourth-order valence-corrected chi connectivity index (χ4v) is 3.14. The van der Waals surface area contributed by atoms with Gasteiger partial charge in [0, 0.05) is 18.0 Å². The molecule has 1 aromatic heterocycles. The van der Waals surface area contributed by atoms with Crippen LogP contribution in [0.15, 0.2) is 60.7 Å². The minimum absolute atomic E-state index is 1.04. The van der Waals surface area contributed by atoms with E-state index in [1.807, 2.05) is 18.7 Å². The van der Waals surface area contributed by atoms with Crippen LogP contribution in [0, 0.1) is 6.92 Å². The fourth-order valence-electron chi connectivity index (χ4n) is 3.14. The lowest BCUT2D eigenvalue weighted by molar-refractivity contribution is 1.05. The Balaban J connectivity index is 1.91. The van der Waals surface area contributed by atoms with Crippen molar-refractivity contribution in [2.75, 3.05) is 0 Å². The Morgan fingerprint density at radius 3 is 2.55 bits per heavy atom. The summed E-state index contributed by atoms with van der Waals surface area (Å²) >= 11 is 0. The van der Waals surface area contributed by atoms with E-state index in [0.717, 1.165) is 6.42 Å². The van der Waals surface area contributed by atoms with E-state index in [2.05, 4.69) is 65.9 Å². The van der Waals surface area contributed by atoms with E-state index >= 15 is 0 Å². The zero-order valence-corrected chi connectivity index (χ0v) is 12.9. The van der Waals surface area contributed by atoms with Crippen molar-refractivity contribution in [3.63, 3.8) is 0 Å². The van der Waals surface area contributed by atoms with Crippen molar-refractivity contribution in [1.82, 2.24) is 9.55 Å². The lowest BCUT2D eigenvalue weighted by atomic mass is 9.97. The van der Waals surface area contributed by atoms with Crippen LogP contribution in [0.5, 0.6) is 0 Å². The van der Waals surface area contributed by atoms with Crippen LogP contribution in [-0.4, -0.2) is 9.55 Å². The van der Waals surface area contributed by atoms with Crippen molar-refractivity contribution in [1.29, 1.82) is 0 Å². The van der Waals surface area contributed by atoms with E-state index in [4.69, 9.17) is 0 Å². The summed E-state index contributed by atoms with van der Waals surface area (Å²) in [7, 11) is 0. The van der Waals surface area contributed by atoms with Crippen molar-refractivity contribution in [2.45, 2.75) is 20.3 Å². The Bertz CT molecular complexity index is 853. The predicted octanol–water partition coefficient (Wildman–Crippen LogP) is 4.81. The van der Waals surface area contributed by atoms with Crippen LogP contribution < -0.4 is 0 Å². The second-order valence-electron chi connectivity index (χ2n) is 6.07. The van der Waals surface area contributed by atoms with E-state index in [1.165, 1.54) is 39.1 Å². The first-order chi connectivity index (χ1) is 10.7. The molecule has 0 radical (unpaired) electrons. The second-order valence-corrected chi connectivity index (χ2v) is 6.07. The number of allylic oxidation sites excluding steroid dienone is 1. The number of imidazole rings is 1. The normalized spacial score (nSPS) is 13.1. The molecule has 0 aliphatic heterocycles. The average molecular weight is 286 g/mol. The van der Waals surface area contributed by atoms with Crippen molar-refractivity contribution in [3.05, 3.63) is 77.4 Å². The van der Waals surface area contributed by atoms with Gasteiger partial charge in [0.05, 0.1) is 12.0 Å². The summed E-state index contributed by atoms with van der Waals surface area (Å²) in [5.41, 5.74) is 9.17. The van der Waals surface area contributed by atoms with Crippen molar-refractivity contribution >= 4 is 6.08 Å². The van der Waals surface area contributed by atoms with Gasteiger partial charge in [0.25, 0.3) is 0 Å². The molecule has 0 amide bonds. The van der Waals surface area contributed by atoms with Gasteiger partial charge in [-0.25, -0.2) is 4.98 Å². The first-order valence-corrected chi connectivity index (χ1v) is 7.60. The van der Waals surface area contributed by atoms with Crippen LogP contribution in [0.1, 0.15) is 23.6 Å². The predicted molar refractivity (Wildman–Crippen MR) is 91.1 cm³/mol. The molecule has 4 rings (SSSR count). The Labute approximate surface area is 130 Å². The summed E-state index contributed by atoms with van der Waals surface area (Å²) in [6.45, 7) is 4.32. The number of nitrogens with zero attached hydrogens (tertiary/aromatic N) is 2. The molecule has 0 N–H and O–H groups in total. The SMILES string of the molecule is CC1=Cc2c(cc(-c3ccc(C)cc3)cc2-n2ccnc2)C1. The first-order valence-electron chi connectivity index (χ1n) is 7.60. The number of hydrogen-bond acceptors (Lipinski definition) is 1. The van der Waals surface area contributed by atoms with Crippen LogP contribution in [0.4, 0.5) is 0 Å². The van der Waals surface area contributed by atoms with E-state index in [9.17, 15) is 0 Å². The zero-order chi connectivity index (χ0) is 15.1. The zero-order valence-electron chi connectivity index (χ0n) is 12.9. The Hall–Kier alpha value is -2.61. The van der Waals surface area contributed by atoms with Gasteiger partial charge in [-0.3, -0.25) is 0 Å². The van der Waals surface area contributed by atoms with Crippen LogP contribution in [0.25, 0.3) is 22.9 Å². The number of rotatable bonds is 2. The fraction of sp³-hybridized carbons (Fsp3) is 0.150. The van der Waals surface area contributed by atoms with Gasteiger partial charge >= 0.3 is 0 Å². The molecule has 1 aliphatic rings. The molecule has 108 valence electrons. The van der Waals surface area contributed by atoms with Crippen molar-refractivity contribution in [2.24, 2.45) is 0 Å². The third-order valence-corrected chi connectivity index (χ3v) is 4.27. The summed E-state index contributed by atoms with van der Waals surface area (Å²) in [6.07, 6.45) is 9.04. The minimum atomic E-state index is 1.04. The molecule has 1 heterocycles. The molecule has 0 spiro atoms. The van der Waals surface area contributed by atoms with Crippen molar-refractivity contribution < 1.29 is 0 Å². The molecule has 2 heteroatoms. The summed E-state index contributed by atoms with van der Waals surface area (Å²) in [5.74, 6) is 0. The van der Waals surface area contributed by atoms with Gasteiger partial charge in [-0.1, -0.05) is 47.5 Å². The average Bonchev–Trinajstić information content (AvgIpc) is 3.15. The van der Waals surface area contributed by atoms with Gasteiger partial charge in [0.2, 0.25) is 0 Å². The standard InChI is InChI=1S/C20H18N2/c1-14-3-5-16(6-4-14)17-11-18-9-15(2)10-19(18)20(12-17)22-8-7-21-13-22/h3-8,10-13H,9H2,1-2H3. The minimum Gasteiger partial charge on any atom is -0.306 e. The lowest BCUT2D eigenvalue weighted by Gasteiger charge is -2.13. The quantitative estimate of drug-likeness (QED) is 0.661. The summed E-state index contributed by atoms with van der Waals surface area (Å²) < 4.78 is 2.10. The van der Waals surface area contributed by atoms with Crippen LogP contribution in [0.2, 0.25) is 0 Å². The number of aromatic nitrogens is 2. The van der Waals surface area contributed by atoms with E-state index in [0.29, 0.717) is 0 Å². The highest BCUT2D eigenvalue weighted by Crippen LogP contribution is 2.34. The third kappa shape index (κ3) is 2.17. The van der Waals surface area contributed by atoms with Gasteiger partial charge in [0.1, 0.15) is 0 Å². The lowest BCUT2D eigenvalue weighted by Crippen LogP contribution is -1.97. The molecule has 0 saturated heterocycles. The maximum atomic E-state index is 4.20. The molecule has 2 aromatic carbocycles. The molecule has 1 aliphatic carbocycles. The molecule has 3 aromatic rings. The molecular weight excluding hydrogens is 268 g/mol. The molecule has 0 bridgehead atoms. The van der Waals surface area contributed by atoms with E-state index in [-0.39, 0.29) is 0 Å². The Morgan fingerprint density at radius 2 is 1.82 bits per heavy atom. The second kappa shape index (κ2) is 4.99. The van der Waals surface area contributed by atoms with Crippen LogP contribution in [-0.2, 0) is 6.42 Å². The summed E-state index contributed by atoms with van der Waals surface area (Å²) in [4.78, 5) is 4.20. The molecule has 0 unspecified atom stereocenters. The topological polar surface area (TPSA) is 17.8 Å². The number of fused-ring (bicyclic) bond motifs is 1. The van der Waals surface area contributed by atoms with Gasteiger partial charge < -0.3 is 4.57 Å². The number of aryl methyl sites for hydroxylation is 1. The monoisotopic (exact) mass is 286 g/mol. The van der Waals surface area contributed by atoms with Crippen LogP contribution >= 0.6 is 0 Å². The molecule has 2 nitrogen and oxygen atoms in total. The molecule has 0 saturated carbocycles. The first kappa shape index (κ1) is 13.1. The maximum absolute atomic E-state index is 4.20. The molecule has 22 heavy (non-hydrogen) atoms. The Kier molecular flexibility index (Phi) is 2.97. The highest BCUT2D eigenvalue weighted by molar-refractivity contribution is 5.78. The number of hydrogen-bond donors (Lipinski definition) is 0. The summed E-state index contributed by atoms with van der Waals surface area (Å²) in [5, 5.41) is 0. The maximum Gasteiger partial charge on any atom is 0.0991 e. The smallest absolute Gasteiger partial charge is 0.0991 e. The van der Waals surface area contributed by atoms with Gasteiger partial charge in [-0.15, -0.1) is 0 Å². The van der Waals surface area contributed by atoms with E-state index in [1.54, 1.807) is 0 Å². The van der Waals surface area contributed by atoms with Gasteiger partial charge in [-0.2, -0.15) is 0 Å². The largest absolute Gasteiger partial charge is 0.306 e. The van der Waals surface area contributed by atoms with Gasteiger partial charge in [0.15, 0.2) is 0 Å². The highest BCUT2D eigenvalue weighted by atomic mass is 15.0. The van der Waals surface area contributed by atoms with Crippen molar-refractivity contribution in [3.8, 4) is 16.8 Å². The van der Waals surface area contributed by atoms with E-state index < -0.39 is 0 Å². The highest BCUT2D eigenvalue weighted by Gasteiger charge is 2.16.